The van der Waals surface area contributed by atoms with Gasteiger partial charge in [0.05, 0.1) is 5.54 Å². The van der Waals surface area contributed by atoms with E-state index >= 15 is 0 Å². The summed E-state index contributed by atoms with van der Waals surface area (Å²) >= 11 is 1.71. The third-order valence-corrected chi connectivity index (χ3v) is 5.84. The zero-order valence-corrected chi connectivity index (χ0v) is 12.0. The van der Waals surface area contributed by atoms with Crippen LogP contribution in [0.3, 0.4) is 0 Å². The van der Waals surface area contributed by atoms with Crippen LogP contribution in [0.15, 0.2) is 0 Å². The summed E-state index contributed by atoms with van der Waals surface area (Å²) in [6.07, 6.45) is 7.32. The molecule has 2 aliphatic rings. The highest BCUT2D eigenvalue weighted by molar-refractivity contribution is 7.16. The van der Waals surface area contributed by atoms with Crippen molar-refractivity contribution in [3.05, 3.63) is 10.8 Å². The molecule has 0 amide bonds. The van der Waals surface area contributed by atoms with Gasteiger partial charge in [0.25, 0.3) is 0 Å². The molecule has 0 aromatic carbocycles. The second kappa shape index (κ2) is 4.24. The number of rotatable bonds is 3. The van der Waals surface area contributed by atoms with Gasteiger partial charge in [-0.3, -0.25) is 0 Å². The Kier molecular flexibility index (Phi) is 2.63. The molecule has 4 rings (SSSR count). The van der Waals surface area contributed by atoms with E-state index in [1.807, 2.05) is 4.52 Å². The van der Waals surface area contributed by atoms with Gasteiger partial charge in [-0.15, -0.1) is 10.2 Å². The highest BCUT2D eigenvalue weighted by atomic mass is 32.1. The van der Waals surface area contributed by atoms with Gasteiger partial charge in [-0.1, -0.05) is 24.7 Å². The molecule has 1 N–H and O–H groups in total. The quantitative estimate of drug-likeness (QED) is 0.936. The van der Waals surface area contributed by atoms with E-state index in [2.05, 4.69) is 22.4 Å². The van der Waals surface area contributed by atoms with Crippen molar-refractivity contribution in [2.75, 3.05) is 6.54 Å². The van der Waals surface area contributed by atoms with Crippen LogP contribution in [0.2, 0.25) is 0 Å². The Hall–Kier alpha value is -1.01. The topological polar surface area (TPSA) is 55.1 Å². The first-order chi connectivity index (χ1) is 9.32. The van der Waals surface area contributed by atoms with Gasteiger partial charge in [-0.25, -0.2) is 0 Å². The standard InChI is InChI=1S/C13H19N5S/c1-2-13(7-4-8-14-13)11-17-18-10(9-5-3-6-9)15-16-12(18)19-11/h9,14H,2-8H2,1H3. The lowest BCUT2D eigenvalue weighted by Crippen LogP contribution is -2.36. The Morgan fingerprint density at radius 3 is 2.89 bits per heavy atom. The lowest BCUT2D eigenvalue weighted by atomic mass is 9.85. The smallest absolute Gasteiger partial charge is 0.234 e. The van der Waals surface area contributed by atoms with Crippen molar-refractivity contribution in [2.45, 2.75) is 56.9 Å². The molecule has 1 unspecified atom stereocenters. The summed E-state index contributed by atoms with van der Waals surface area (Å²) in [5.41, 5.74) is 0.0856. The summed E-state index contributed by atoms with van der Waals surface area (Å²) in [6.45, 7) is 3.34. The van der Waals surface area contributed by atoms with E-state index in [0.717, 1.165) is 23.8 Å². The highest BCUT2D eigenvalue weighted by Gasteiger charge is 2.37. The minimum atomic E-state index is 0.0856. The summed E-state index contributed by atoms with van der Waals surface area (Å²) < 4.78 is 2.00. The number of hydrogen-bond donors (Lipinski definition) is 1. The van der Waals surface area contributed by atoms with Gasteiger partial charge in [0, 0.05) is 5.92 Å². The Morgan fingerprint density at radius 2 is 2.26 bits per heavy atom. The summed E-state index contributed by atoms with van der Waals surface area (Å²) in [4.78, 5) is 0.957. The first-order valence-electron chi connectivity index (χ1n) is 7.30. The Labute approximate surface area is 116 Å². The predicted octanol–water partition coefficient (Wildman–Crippen LogP) is 2.44. The molecule has 0 spiro atoms. The van der Waals surface area contributed by atoms with Gasteiger partial charge >= 0.3 is 0 Å². The highest BCUT2D eigenvalue weighted by Crippen LogP contribution is 2.39. The van der Waals surface area contributed by atoms with Crippen LogP contribution >= 0.6 is 11.3 Å². The molecular weight excluding hydrogens is 258 g/mol. The van der Waals surface area contributed by atoms with E-state index in [-0.39, 0.29) is 5.54 Å². The number of nitrogens with zero attached hydrogens (tertiary/aromatic N) is 4. The van der Waals surface area contributed by atoms with Crippen molar-refractivity contribution >= 4 is 16.3 Å². The van der Waals surface area contributed by atoms with E-state index in [1.54, 1.807) is 11.3 Å². The maximum Gasteiger partial charge on any atom is 0.234 e. The Bertz CT molecular complexity index is 591. The Balaban J connectivity index is 1.77. The molecule has 3 heterocycles. The largest absolute Gasteiger partial charge is 0.305 e. The van der Waals surface area contributed by atoms with Gasteiger partial charge in [0.2, 0.25) is 4.96 Å². The molecule has 1 atom stereocenters. The molecule has 0 bridgehead atoms. The fraction of sp³-hybridized carbons (Fsp3) is 0.769. The number of hydrogen-bond acceptors (Lipinski definition) is 5. The lowest BCUT2D eigenvalue weighted by Gasteiger charge is -2.25. The van der Waals surface area contributed by atoms with Crippen LogP contribution in [0.25, 0.3) is 4.96 Å². The fourth-order valence-electron chi connectivity index (χ4n) is 3.19. The first kappa shape index (κ1) is 11.8. The molecule has 1 saturated heterocycles. The molecule has 2 aromatic heterocycles. The minimum Gasteiger partial charge on any atom is -0.305 e. The van der Waals surface area contributed by atoms with Gasteiger partial charge in [-0.2, -0.15) is 9.61 Å². The average Bonchev–Trinajstić information content (AvgIpc) is 3.02. The molecule has 0 radical (unpaired) electrons. The molecule has 5 nitrogen and oxygen atoms in total. The monoisotopic (exact) mass is 277 g/mol. The zero-order chi connectivity index (χ0) is 12.9. The average molecular weight is 277 g/mol. The van der Waals surface area contributed by atoms with Gasteiger partial charge in [0.15, 0.2) is 5.82 Å². The second-order valence-electron chi connectivity index (χ2n) is 5.75. The molecule has 1 saturated carbocycles. The van der Waals surface area contributed by atoms with Gasteiger partial charge in [-0.05, 0) is 38.6 Å². The number of nitrogens with one attached hydrogen (secondary N) is 1. The van der Waals surface area contributed by atoms with Crippen LogP contribution in [0.1, 0.15) is 62.2 Å². The third-order valence-electron chi connectivity index (χ3n) is 4.74. The van der Waals surface area contributed by atoms with Crippen LogP contribution in [-0.4, -0.2) is 26.4 Å². The van der Waals surface area contributed by atoms with Crippen LogP contribution in [0.4, 0.5) is 0 Å². The molecule has 1 aliphatic carbocycles. The van der Waals surface area contributed by atoms with Crippen LogP contribution in [0, 0.1) is 0 Å². The van der Waals surface area contributed by atoms with Crippen LogP contribution in [0.5, 0.6) is 0 Å². The van der Waals surface area contributed by atoms with Crippen molar-refractivity contribution in [3.8, 4) is 0 Å². The van der Waals surface area contributed by atoms with Crippen LogP contribution < -0.4 is 5.32 Å². The summed E-state index contributed by atoms with van der Waals surface area (Å²) in [7, 11) is 0. The van der Waals surface area contributed by atoms with Crippen molar-refractivity contribution in [1.82, 2.24) is 25.1 Å². The molecule has 1 aliphatic heterocycles. The van der Waals surface area contributed by atoms with Crippen molar-refractivity contribution in [1.29, 1.82) is 0 Å². The van der Waals surface area contributed by atoms with Crippen molar-refractivity contribution in [2.24, 2.45) is 0 Å². The van der Waals surface area contributed by atoms with Crippen molar-refractivity contribution < 1.29 is 0 Å². The van der Waals surface area contributed by atoms with Gasteiger partial charge in [0.1, 0.15) is 5.01 Å². The zero-order valence-electron chi connectivity index (χ0n) is 11.2. The molecule has 102 valence electrons. The number of aromatic nitrogens is 4. The normalized spacial score (nSPS) is 28.1. The molecule has 19 heavy (non-hydrogen) atoms. The predicted molar refractivity (Wildman–Crippen MR) is 74.5 cm³/mol. The van der Waals surface area contributed by atoms with Crippen LogP contribution in [-0.2, 0) is 5.54 Å². The summed E-state index contributed by atoms with van der Waals surface area (Å²) in [6, 6.07) is 0. The van der Waals surface area contributed by atoms with E-state index in [1.165, 1.54) is 37.1 Å². The van der Waals surface area contributed by atoms with E-state index < -0.39 is 0 Å². The van der Waals surface area contributed by atoms with Gasteiger partial charge < -0.3 is 5.32 Å². The Morgan fingerprint density at radius 1 is 1.37 bits per heavy atom. The minimum absolute atomic E-state index is 0.0856. The molecule has 2 fully saturated rings. The maximum atomic E-state index is 4.85. The summed E-state index contributed by atoms with van der Waals surface area (Å²) in [5, 5.41) is 18.3. The van der Waals surface area contributed by atoms with E-state index in [4.69, 9.17) is 5.10 Å². The third kappa shape index (κ3) is 1.66. The first-order valence-corrected chi connectivity index (χ1v) is 8.12. The SMILES string of the molecule is CCC1(c2nn3c(C4CCC4)nnc3s2)CCCN1. The molecule has 2 aromatic rings. The van der Waals surface area contributed by atoms with E-state index in [0.29, 0.717) is 5.92 Å². The van der Waals surface area contributed by atoms with E-state index in [9.17, 15) is 0 Å². The fourth-order valence-corrected chi connectivity index (χ4v) is 4.30. The molecular formula is C13H19N5S. The molecule has 6 heteroatoms. The lowest BCUT2D eigenvalue weighted by molar-refractivity contribution is 0.365. The maximum absolute atomic E-state index is 4.85. The second-order valence-corrected chi connectivity index (χ2v) is 6.71. The summed E-state index contributed by atoms with van der Waals surface area (Å²) in [5.74, 6) is 1.66. The van der Waals surface area contributed by atoms with Crippen molar-refractivity contribution in [3.63, 3.8) is 0 Å². The number of fused-ring (bicyclic) bond motifs is 1.